The zero-order valence-corrected chi connectivity index (χ0v) is 13.0. The summed E-state index contributed by atoms with van der Waals surface area (Å²) in [7, 11) is 0.323. The fourth-order valence-electron chi connectivity index (χ4n) is 1.65. The van der Waals surface area contributed by atoms with Crippen LogP contribution >= 0.6 is 11.3 Å². The highest BCUT2D eigenvalue weighted by Gasteiger charge is 2.16. The summed E-state index contributed by atoms with van der Waals surface area (Å²) in [6, 6.07) is 10.5. The van der Waals surface area contributed by atoms with Crippen molar-refractivity contribution in [1.29, 1.82) is 0 Å². The molecule has 2 rings (SSSR count). The number of nitrogens with one attached hydrogen (secondary N) is 1. The molecule has 0 atom stereocenters. The van der Waals surface area contributed by atoms with Gasteiger partial charge in [0.15, 0.2) is 0 Å². The van der Waals surface area contributed by atoms with Crippen LogP contribution in [0.3, 0.4) is 0 Å². The average Bonchev–Trinajstić information content (AvgIpc) is 2.88. The topological polar surface area (TPSA) is 75.4 Å². The van der Waals surface area contributed by atoms with Crippen LogP contribution in [0.25, 0.3) is 0 Å². The smallest absolute Gasteiger partial charge is 0.271 e. The highest BCUT2D eigenvalue weighted by molar-refractivity contribution is 7.94. The number of sulfonamides is 1. The number of thiophene rings is 1. The third-order valence-electron chi connectivity index (χ3n) is 2.74. The zero-order chi connectivity index (χ0) is 14.8. The van der Waals surface area contributed by atoms with Crippen LogP contribution in [0.2, 0.25) is 0 Å². The first-order valence-corrected chi connectivity index (χ1v) is 8.31. The van der Waals surface area contributed by atoms with Crippen molar-refractivity contribution < 1.29 is 8.42 Å². The lowest BCUT2D eigenvalue weighted by molar-refractivity contribution is 0.603. The van der Waals surface area contributed by atoms with Gasteiger partial charge >= 0.3 is 0 Å². The van der Waals surface area contributed by atoms with E-state index in [1.54, 1.807) is 24.3 Å². The van der Waals surface area contributed by atoms with Crippen LogP contribution in [0, 0.1) is 0 Å². The molecule has 0 unspecified atom stereocenters. The van der Waals surface area contributed by atoms with Crippen molar-refractivity contribution in [3.8, 4) is 0 Å². The Balaban J connectivity index is 2.19. The van der Waals surface area contributed by atoms with Crippen LogP contribution in [-0.2, 0) is 16.6 Å². The zero-order valence-electron chi connectivity index (χ0n) is 11.3. The van der Waals surface area contributed by atoms with E-state index in [2.05, 4.69) is 4.72 Å². The van der Waals surface area contributed by atoms with Crippen molar-refractivity contribution in [1.82, 2.24) is 0 Å². The standard InChI is InChI=1S/C13H17N3O2S2/c1-16(2)11-5-3-10(4-6-11)15-20(17,18)13-8-7-12(9-14)19-13/h3-8,15H,9,14H2,1-2H3. The molecular weight excluding hydrogens is 294 g/mol. The highest BCUT2D eigenvalue weighted by Crippen LogP contribution is 2.24. The van der Waals surface area contributed by atoms with E-state index in [4.69, 9.17) is 5.73 Å². The molecule has 0 aliphatic heterocycles. The SMILES string of the molecule is CN(C)c1ccc(NS(=O)(=O)c2ccc(CN)s2)cc1. The molecule has 0 amide bonds. The Bertz CT molecular complexity index is 676. The van der Waals surface area contributed by atoms with E-state index in [0.717, 1.165) is 10.6 Å². The van der Waals surface area contributed by atoms with E-state index in [-0.39, 0.29) is 4.21 Å². The summed E-state index contributed by atoms with van der Waals surface area (Å²) in [4.78, 5) is 2.79. The number of benzene rings is 1. The van der Waals surface area contributed by atoms with Crippen LogP contribution in [0.4, 0.5) is 11.4 Å². The van der Waals surface area contributed by atoms with Gasteiger partial charge in [-0.05, 0) is 36.4 Å². The maximum atomic E-state index is 12.2. The number of hydrogen-bond donors (Lipinski definition) is 2. The molecule has 0 saturated heterocycles. The van der Waals surface area contributed by atoms with Gasteiger partial charge in [0, 0.05) is 36.9 Å². The van der Waals surface area contributed by atoms with Crippen molar-refractivity contribution in [2.24, 2.45) is 5.73 Å². The molecule has 5 nitrogen and oxygen atoms in total. The Hall–Kier alpha value is -1.57. The first-order chi connectivity index (χ1) is 9.42. The first-order valence-electron chi connectivity index (χ1n) is 6.01. The van der Waals surface area contributed by atoms with Crippen molar-refractivity contribution in [2.75, 3.05) is 23.7 Å². The fourth-order valence-corrected chi connectivity index (χ4v) is 3.94. The number of hydrogen-bond acceptors (Lipinski definition) is 5. The van der Waals surface area contributed by atoms with Crippen LogP contribution in [0.5, 0.6) is 0 Å². The van der Waals surface area contributed by atoms with Crippen LogP contribution in [0.1, 0.15) is 4.88 Å². The summed E-state index contributed by atoms with van der Waals surface area (Å²) < 4.78 is 27.2. The highest BCUT2D eigenvalue weighted by atomic mass is 32.2. The molecule has 7 heteroatoms. The summed E-state index contributed by atoms with van der Waals surface area (Å²) in [5.41, 5.74) is 7.04. The van der Waals surface area contributed by atoms with Crippen LogP contribution < -0.4 is 15.4 Å². The van der Waals surface area contributed by atoms with Crippen molar-refractivity contribution in [3.05, 3.63) is 41.3 Å². The first kappa shape index (κ1) is 14.8. The minimum absolute atomic E-state index is 0.273. The Labute approximate surface area is 123 Å². The van der Waals surface area contributed by atoms with Gasteiger partial charge in [-0.15, -0.1) is 11.3 Å². The van der Waals surface area contributed by atoms with E-state index in [0.29, 0.717) is 12.2 Å². The van der Waals surface area contributed by atoms with Crippen LogP contribution in [0.15, 0.2) is 40.6 Å². The van der Waals surface area contributed by atoms with Gasteiger partial charge in [0.25, 0.3) is 10.0 Å². The molecular formula is C13H17N3O2S2. The summed E-state index contributed by atoms with van der Waals surface area (Å²) in [6.45, 7) is 0.345. The molecule has 0 aliphatic rings. The molecule has 1 aromatic heterocycles. The lowest BCUT2D eigenvalue weighted by atomic mass is 10.3. The molecule has 20 heavy (non-hydrogen) atoms. The second-order valence-electron chi connectivity index (χ2n) is 4.47. The number of anilines is 2. The van der Waals surface area contributed by atoms with Gasteiger partial charge in [-0.1, -0.05) is 0 Å². The van der Waals surface area contributed by atoms with Gasteiger partial charge in [0.2, 0.25) is 0 Å². The average molecular weight is 311 g/mol. The van der Waals surface area contributed by atoms with Gasteiger partial charge in [-0.2, -0.15) is 0 Å². The number of nitrogens with two attached hydrogens (primary N) is 1. The molecule has 1 aromatic carbocycles. The third kappa shape index (κ3) is 3.30. The normalized spacial score (nSPS) is 11.3. The Morgan fingerprint density at radius 1 is 1.15 bits per heavy atom. The molecule has 0 radical (unpaired) electrons. The monoisotopic (exact) mass is 311 g/mol. The lowest BCUT2D eigenvalue weighted by Crippen LogP contribution is -2.12. The van der Waals surface area contributed by atoms with Crippen molar-refractivity contribution >= 4 is 32.7 Å². The summed E-state index contributed by atoms with van der Waals surface area (Å²) in [5, 5.41) is 0. The summed E-state index contributed by atoms with van der Waals surface area (Å²) in [6.07, 6.45) is 0. The number of nitrogens with zero attached hydrogens (tertiary/aromatic N) is 1. The maximum absolute atomic E-state index is 12.2. The van der Waals surface area contributed by atoms with E-state index >= 15 is 0 Å². The lowest BCUT2D eigenvalue weighted by Gasteiger charge is -2.13. The molecule has 0 saturated carbocycles. The minimum atomic E-state index is -3.54. The molecule has 1 heterocycles. The van der Waals surface area contributed by atoms with Gasteiger partial charge < -0.3 is 10.6 Å². The molecule has 0 bridgehead atoms. The quantitative estimate of drug-likeness (QED) is 0.886. The molecule has 0 fully saturated rings. The summed E-state index contributed by atoms with van der Waals surface area (Å²) in [5.74, 6) is 0. The predicted octanol–water partition coefficient (Wildman–Crippen LogP) is 2.07. The van der Waals surface area contributed by atoms with Crippen molar-refractivity contribution in [3.63, 3.8) is 0 Å². The summed E-state index contributed by atoms with van der Waals surface area (Å²) >= 11 is 1.18. The minimum Gasteiger partial charge on any atom is -0.378 e. The molecule has 3 N–H and O–H groups in total. The van der Waals surface area contributed by atoms with Gasteiger partial charge in [0.1, 0.15) is 4.21 Å². The van der Waals surface area contributed by atoms with Crippen LogP contribution in [-0.4, -0.2) is 22.5 Å². The van der Waals surface area contributed by atoms with E-state index < -0.39 is 10.0 Å². The fraction of sp³-hybridized carbons (Fsp3) is 0.231. The third-order valence-corrected chi connectivity index (χ3v) is 5.72. The second kappa shape index (κ2) is 5.82. The molecule has 0 spiro atoms. The largest absolute Gasteiger partial charge is 0.378 e. The Morgan fingerprint density at radius 3 is 2.30 bits per heavy atom. The predicted molar refractivity (Wildman–Crippen MR) is 83.8 cm³/mol. The van der Waals surface area contributed by atoms with E-state index in [9.17, 15) is 8.42 Å². The molecule has 2 aromatic rings. The van der Waals surface area contributed by atoms with Gasteiger partial charge in [0.05, 0.1) is 0 Å². The Morgan fingerprint density at radius 2 is 1.80 bits per heavy atom. The number of rotatable bonds is 5. The van der Waals surface area contributed by atoms with Crippen molar-refractivity contribution in [2.45, 2.75) is 10.8 Å². The molecule has 108 valence electrons. The van der Waals surface area contributed by atoms with E-state index in [1.807, 2.05) is 31.1 Å². The van der Waals surface area contributed by atoms with Gasteiger partial charge in [-0.3, -0.25) is 4.72 Å². The second-order valence-corrected chi connectivity index (χ2v) is 7.55. The maximum Gasteiger partial charge on any atom is 0.271 e. The van der Waals surface area contributed by atoms with Gasteiger partial charge in [-0.25, -0.2) is 8.42 Å². The molecule has 0 aliphatic carbocycles. The Kier molecular flexibility index (Phi) is 4.32. The van der Waals surface area contributed by atoms with E-state index in [1.165, 1.54) is 11.3 Å².